The summed E-state index contributed by atoms with van der Waals surface area (Å²) in [6.07, 6.45) is 0. The Morgan fingerprint density at radius 3 is 2.09 bits per heavy atom. The van der Waals surface area contributed by atoms with Crippen LogP contribution in [0.2, 0.25) is 0 Å². The van der Waals surface area contributed by atoms with Gasteiger partial charge >= 0.3 is 11.9 Å². The molecule has 0 aliphatic carbocycles. The second-order valence-electron chi connectivity index (χ2n) is 3.95. The molecule has 0 aromatic heterocycles. The van der Waals surface area contributed by atoms with Crippen LogP contribution in [-0.2, 0) is 19.2 Å². The maximum atomic E-state index is 11.5. The maximum absolute atomic E-state index is 11.5. The molecule has 0 rings (SSSR count). The van der Waals surface area contributed by atoms with E-state index in [4.69, 9.17) is 21.7 Å². The largest absolute Gasteiger partial charge is 0.480 e. The molecule has 0 spiro atoms. The number of carboxylic acid groups (broad SMARTS) is 2. The van der Waals surface area contributed by atoms with E-state index >= 15 is 0 Å². The van der Waals surface area contributed by atoms with Gasteiger partial charge in [0.15, 0.2) is 0 Å². The van der Waals surface area contributed by atoms with Crippen LogP contribution in [0.4, 0.5) is 0 Å². The van der Waals surface area contributed by atoms with E-state index in [1.807, 2.05) is 0 Å². The molecule has 0 saturated carbocycles. The fourth-order valence-electron chi connectivity index (χ4n) is 0.980. The summed E-state index contributed by atoms with van der Waals surface area (Å²) in [5, 5.41) is 22.0. The molecule has 10 nitrogen and oxygen atoms in total. The number of nitrogens with one attached hydrogen (secondary N) is 2. The van der Waals surface area contributed by atoms with E-state index in [0.29, 0.717) is 0 Å². The van der Waals surface area contributed by atoms with E-state index in [9.17, 15) is 19.2 Å². The third-order valence-electron chi connectivity index (χ3n) is 2.15. The number of carboxylic acids is 2. The van der Waals surface area contributed by atoms with E-state index < -0.39 is 35.8 Å². The van der Waals surface area contributed by atoms with Gasteiger partial charge < -0.3 is 32.3 Å². The fourth-order valence-corrected chi connectivity index (χ4v) is 3.25. The van der Waals surface area contributed by atoms with Crippen molar-refractivity contribution < 1.29 is 29.4 Å². The van der Waals surface area contributed by atoms with Crippen LogP contribution in [0.25, 0.3) is 0 Å². The van der Waals surface area contributed by atoms with Crippen molar-refractivity contribution in [2.45, 2.75) is 12.1 Å². The van der Waals surface area contributed by atoms with Crippen LogP contribution in [0.15, 0.2) is 0 Å². The number of carbonyl (C=O) groups is 4. The number of hydrogen-bond donors (Lipinski definition) is 6. The quantitative estimate of drug-likeness (QED) is 0.170. The summed E-state index contributed by atoms with van der Waals surface area (Å²) in [6, 6.07) is -2.21. The number of aliphatic carboxylic acids is 2. The summed E-state index contributed by atoms with van der Waals surface area (Å²) in [7, 11) is 2.17. The summed E-state index contributed by atoms with van der Waals surface area (Å²) < 4.78 is 0. The van der Waals surface area contributed by atoms with Gasteiger partial charge in [-0.2, -0.15) is 0 Å². The van der Waals surface area contributed by atoms with Crippen LogP contribution in [-0.4, -0.2) is 70.6 Å². The monoisotopic (exact) mass is 354 g/mol. The van der Waals surface area contributed by atoms with Gasteiger partial charge in [-0.25, -0.2) is 4.79 Å². The molecule has 0 aliphatic heterocycles. The van der Waals surface area contributed by atoms with Crippen LogP contribution in [0.3, 0.4) is 0 Å². The lowest BCUT2D eigenvalue weighted by Crippen LogP contribution is -2.47. The average Bonchev–Trinajstić information content (AvgIpc) is 2.46. The Kier molecular flexibility index (Phi) is 10.4. The first-order chi connectivity index (χ1) is 10.3. The standard InChI is InChI=1S/C10H18N4O6S2/c11-1-7(15)13-2-8(16)14-6(10(19)20)4-22-21-3-5(12)9(17)18/h5-6H,1-4,11-12H2,(H,13,15)(H,14,16)(H,17,18)(H,19,20)/t5?,6-/m0/s1. The molecule has 126 valence electrons. The SMILES string of the molecule is NCC(=O)NCC(=O)N[C@@H](CSSCC(N)C(=O)O)C(=O)O. The molecule has 1 unspecified atom stereocenters. The van der Waals surface area contributed by atoms with E-state index in [1.54, 1.807) is 0 Å². The predicted molar refractivity (Wildman–Crippen MR) is 82.2 cm³/mol. The first kappa shape index (κ1) is 20.5. The van der Waals surface area contributed by atoms with Crippen molar-refractivity contribution >= 4 is 45.3 Å². The van der Waals surface area contributed by atoms with E-state index in [2.05, 4.69) is 10.6 Å². The molecule has 0 radical (unpaired) electrons. The Hall–Kier alpha value is -1.50. The highest BCUT2D eigenvalue weighted by Gasteiger charge is 2.20. The summed E-state index contributed by atoms with van der Waals surface area (Å²) in [4.78, 5) is 43.8. The van der Waals surface area contributed by atoms with Crippen molar-refractivity contribution in [2.24, 2.45) is 11.5 Å². The number of amides is 2. The Morgan fingerprint density at radius 2 is 1.59 bits per heavy atom. The van der Waals surface area contributed by atoms with Gasteiger partial charge in [-0.1, -0.05) is 21.6 Å². The second kappa shape index (κ2) is 11.1. The van der Waals surface area contributed by atoms with Crippen LogP contribution in [0.5, 0.6) is 0 Å². The van der Waals surface area contributed by atoms with Gasteiger partial charge in [0, 0.05) is 11.5 Å². The highest BCUT2D eigenvalue weighted by atomic mass is 33.1. The molecule has 0 aromatic rings. The second-order valence-corrected chi connectivity index (χ2v) is 6.51. The molecule has 8 N–H and O–H groups in total. The lowest BCUT2D eigenvalue weighted by atomic mass is 10.3. The van der Waals surface area contributed by atoms with Gasteiger partial charge in [0.05, 0.1) is 13.1 Å². The zero-order chi connectivity index (χ0) is 17.1. The Balaban J connectivity index is 4.10. The topological polar surface area (TPSA) is 185 Å². The van der Waals surface area contributed by atoms with Crippen molar-refractivity contribution in [3.05, 3.63) is 0 Å². The molecule has 22 heavy (non-hydrogen) atoms. The lowest BCUT2D eigenvalue weighted by Gasteiger charge is -2.14. The lowest BCUT2D eigenvalue weighted by molar-refractivity contribution is -0.141. The van der Waals surface area contributed by atoms with Gasteiger partial charge in [0.25, 0.3) is 0 Å². The zero-order valence-electron chi connectivity index (χ0n) is 11.5. The van der Waals surface area contributed by atoms with Crippen molar-refractivity contribution in [3.63, 3.8) is 0 Å². The molecular formula is C10H18N4O6S2. The van der Waals surface area contributed by atoms with Crippen molar-refractivity contribution in [1.82, 2.24) is 10.6 Å². The minimum atomic E-state index is -1.24. The number of carbonyl (C=O) groups excluding carboxylic acids is 2. The van der Waals surface area contributed by atoms with Crippen LogP contribution in [0.1, 0.15) is 0 Å². The predicted octanol–water partition coefficient (Wildman–Crippen LogP) is -2.58. The summed E-state index contributed by atoms with van der Waals surface area (Å²) in [6.45, 7) is -0.645. The fraction of sp³-hybridized carbons (Fsp3) is 0.600. The molecule has 0 bridgehead atoms. The van der Waals surface area contributed by atoms with Crippen molar-refractivity contribution in [1.29, 1.82) is 0 Å². The summed E-state index contributed by atoms with van der Waals surface area (Å²) in [5.74, 6) is -3.46. The molecule has 0 aliphatic rings. The molecule has 0 fully saturated rings. The van der Waals surface area contributed by atoms with Crippen LogP contribution >= 0.6 is 21.6 Å². The number of nitrogens with two attached hydrogens (primary N) is 2. The molecule has 2 atom stereocenters. The van der Waals surface area contributed by atoms with Gasteiger partial charge in [-0.3, -0.25) is 14.4 Å². The molecular weight excluding hydrogens is 336 g/mol. The van der Waals surface area contributed by atoms with Crippen molar-refractivity contribution in [3.8, 4) is 0 Å². The number of rotatable bonds is 11. The normalized spacial score (nSPS) is 13.0. The van der Waals surface area contributed by atoms with Gasteiger partial charge in [0.2, 0.25) is 11.8 Å². The number of hydrogen-bond acceptors (Lipinski definition) is 8. The summed E-state index contributed by atoms with van der Waals surface area (Å²) >= 11 is 0. The first-order valence-electron chi connectivity index (χ1n) is 5.99. The molecule has 0 aromatic carbocycles. The highest BCUT2D eigenvalue weighted by Crippen LogP contribution is 2.22. The van der Waals surface area contributed by atoms with E-state index in [-0.39, 0.29) is 24.6 Å². The Morgan fingerprint density at radius 1 is 1.00 bits per heavy atom. The third-order valence-corrected chi connectivity index (χ3v) is 4.60. The Labute approximate surface area is 134 Å². The van der Waals surface area contributed by atoms with E-state index in [0.717, 1.165) is 21.6 Å². The van der Waals surface area contributed by atoms with Gasteiger partial charge in [-0.15, -0.1) is 0 Å². The molecule has 12 heteroatoms. The minimum Gasteiger partial charge on any atom is -0.480 e. The van der Waals surface area contributed by atoms with Crippen LogP contribution in [0, 0.1) is 0 Å². The van der Waals surface area contributed by atoms with Gasteiger partial charge in [0.1, 0.15) is 12.1 Å². The summed E-state index contributed by atoms with van der Waals surface area (Å²) in [5.41, 5.74) is 10.3. The highest BCUT2D eigenvalue weighted by molar-refractivity contribution is 8.76. The smallest absolute Gasteiger partial charge is 0.327 e. The average molecular weight is 354 g/mol. The molecule has 0 heterocycles. The van der Waals surface area contributed by atoms with Crippen LogP contribution < -0.4 is 22.1 Å². The zero-order valence-corrected chi connectivity index (χ0v) is 13.1. The van der Waals surface area contributed by atoms with Gasteiger partial charge in [-0.05, 0) is 0 Å². The maximum Gasteiger partial charge on any atom is 0.327 e. The van der Waals surface area contributed by atoms with E-state index in [1.165, 1.54) is 0 Å². The van der Waals surface area contributed by atoms with Crippen molar-refractivity contribution in [2.75, 3.05) is 24.6 Å². The Bertz CT molecular complexity index is 422. The minimum absolute atomic E-state index is 0.0168. The third kappa shape index (κ3) is 9.44. The molecule has 2 amide bonds. The molecule has 0 saturated heterocycles. The first-order valence-corrected chi connectivity index (χ1v) is 8.48.